The van der Waals surface area contributed by atoms with Gasteiger partial charge in [-0.25, -0.2) is 4.79 Å². The Hall–Kier alpha value is -2.12. The van der Waals surface area contributed by atoms with E-state index in [1.807, 2.05) is 17.5 Å². The van der Waals surface area contributed by atoms with Crippen LogP contribution in [0.5, 0.6) is 0 Å². The Bertz CT molecular complexity index is 555. The highest BCUT2D eigenvalue weighted by atomic mass is 32.1. The molecule has 1 heterocycles. The molecule has 0 amide bonds. The number of carbonyl (C=O) groups excluding carboxylic acids is 1. The topological polar surface area (TPSA) is 50.1 Å². The molecule has 0 N–H and O–H groups in total. The van der Waals surface area contributed by atoms with E-state index in [9.17, 15) is 4.79 Å². The van der Waals surface area contributed by atoms with E-state index in [-0.39, 0.29) is 12.6 Å². The van der Waals surface area contributed by atoms with E-state index in [1.54, 1.807) is 30.3 Å². The second-order valence-corrected chi connectivity index (χ2v) is 4.31. The molecule has 0 saturated carbocycles. The van der Waals surface area contributed by atoms with Gasteiger partial charge in [0.1, 0.15) is 11.5 Å². The lowest BCUT2D eigenvalue weighted by Gasteiger charge is -2.03. The monoisotopic (exact) mass is 243 g/mol. The van der Waals surface area contributed by atoms with E-state index in [4.69, 9.17) is 10.00 Å². The molecule has 0 aliphatic heterocycles. The largest absolute Gasteiger partial charge is 0.457 e. The summed E-state index contributed by atoms with van der Waals surface area (Å²) >= 11 is 1.35. The summed E-state index contributed by atoms with van der Waals surface area (Å²) in [5.74, 6) is -0.331. The first-order chi connectivity index (χ1) is 8.29. The molecule has 2 rings (SSSR count). The van der Waals surface area contributed by atoms with Crippen molar-refractivity contribution in [2.45, 2.75) is 6.61 Å². The van der Waals surface area contributed by atoms with Gasteiger partial charge in [-0.1, -0.05) is 18.2 Å². The summed E-state index contributed by atoms with van der Waals surface area (Å²) in [7, 11) is 0. The molecule has 4 heteroatoms. The van der Waals surface area contributed by atoms with Gasteiger partial charge in [0, 0.05) is 0 Å². The number of hydrogen-bond donors (Lipinski definition) is 0. The molecule has 0 fully saturated rings. The minimum atomic E-state index is -0.331. The van der Waals surface area contributed by atoms with E-state index in [0.29, 0.717) is 10.4 Å². The van der Waals surface area contributed by atoms with Crippen molar-refractivity contribution in [3.8, 4) is 6.07 Å². The fraction of sp³-hybridized carbons (Fsp3) is 0.0769. The molecule has 0 unspecified atom stereocenters. The maximum absolute atomic E-state index is 11.6. The highest BCUT2D eigenvalue weighted by Crippen LogP contribution is 2.12. The summed E-state index contributed by atoms with van der Waals surface area (Å²) in [6.07, 6.45) is 0. The van der Waals surface area contributed by atoms with Gasteiger partial charge in [-0.15, -0.1) is 11.3 Å². The highest BCUT2D eigenvalue weighted by molar-refractivity contribution is 7.11. The van der Waals surface area contributed by atoms with Crippen LogP contribution in [0.25, 0.3) is 0 Å². The van der Waals surface area contributed by atoms with Gasteiger partial charge < -0.3 is 4.74 Å². The van der Waals surface area contributed by atoms with Crippen LogP contribution < -0.4 is 0 Å². The van der Waals surface area contributed by atoms with Gasteiger partial charge in [-0.2, -0.15) is 5.26 Å². The van der Waals surface area contributed by atoms with Crippen molar-refractivity contribution in [1.82, 2.24) is 0 Å². The Morgan fingerprint density at radius 2 is 2.24 bits per heavy atom. The smallest absolute Gasteiger partial charge is 0.348 e. The number of benzene rings is 1. The second-order valence-electron chi connectivity index (χ2n) is 3.37. The Morgan fingerprint density at radius 3 is 2.94 bits per heavy atom. The van der Waals surface area contributed by atoms with Crippen molar-refractivity contribution in [3.63, 3.8) is 0 Å². The van der Waals surface area contributed by atoms with Crippen LogP contribution in [0.4, 0.5) is 0 Å². The number of nitrogens with zero attached hydrogens (tertiary/aromatic N) is 1. The van der Waals surface area contributed by atoms with Gasteiger partial charge in [0.2, 0.25) is 0 Å². The van der Waals surface area contributed by atoms with Crippen molar-refractivity contribution in [1.29, 1.82) is 5.26 Å². The zero-order valence-electron chi connectivity index (χ0n) is 8.92. The average molecular weight is 243 g/mol. The molecular formula is C13H9NO2S. The van der Waals surface area contributed by atoms with Crippen LogP contribution >= 0.6 is 11.3 Å². The summed E-state index contributed by atoms with van der Waals surface area (Å²) in [5.41, 5.74) is 1.38. The van der Waals surface area contributed by atoms with E-state index < -0.39 is 0 Å². The second kappa shape index (κ2) is 5.28. The first kappa shape index (κ1) is 11.4. The summed E-state index contributed by atoms with van der Waals surface area (Å²) in [6, 6.07) is 12.6. The van der Waals surface area contributed by atoms with Crippen molar-refractivity contribution >= 4 is 17.3 Å². The minimum absolute atomic E-state index is 0.187. The lowest BCUT2D eigenvalue weighted by atomic mass is 10.1. The fourth-order valence-corrected chi connectivity index (χ4v) is 1.96. The van der Waals surface area contributed by atoms with Gasteiger partial charge in [0.25, 0.3) is 0 Å². The lowest BCUT2D eigenvalue weighted by molar-refractivity contribution is 0.0478. The molecule has 0 atom stereocenters. The summed E-state index contributed by atoms with van der Waals surface area (Å²) in [4.78, 5) is 12.1. The van der Waals surface area contributed by atoms with Gasteiger partial charge >= 0.3 is 5.97 Å². The van der Waals surface area contributed by atoms with E-state index in [0.717, 1.165) is 5.56 Å². The number of ether oxygens (including phenoxy) is 1. The molecule has 0 aliphatic carbocycles. The van der Waals surface area contributed by atoms with Crippen molar-refractivity contribution in [2.24, 2.45) is 0 Å². The van der Waals surface area contributed by atoms with Crippen LogP contribution in [0.1, 0.15) is 20.8 Å². The van der Waals surface area contributed by atoms with Crippen molar-refractivity contribution < 1.29 is 9.53 Å². The molecule has 17 heavy (non-hydrogen) atoms. The van der Waals surface area contributed by atoms with Crippen LogP contribution in [-0.2, 0) is 11.3 Å². The highest BCUT2D eigenvalue weighted by Gasteiger charge is 2.07. The van der Waals surface area contributed by atoms with Gasteiger partial charge in [-0.05, 0) is 29.1 Å². The van der Waals surface area contributed by atoms with E-state index in [1.165, 1.54) is 11.3 Å². The Morgan fingerprint density at radius 1 is 1.35 bits per heavy atom. The Balaban J connectivity index is 1.98. The van der Waals surface area contributed by atoms with Crippen LogP contribution in [0, 0.1) is 11.3 Å². The molecular weight excluding hydrogens is 234 g/mol. The maximum atomic E-state index is 11.6. The van der Waals surface area contributed by atoms with E-state index >= 15 is 0 Å². The molecule has 0 radical (unpaired) electrons. The zero-order chi connectivity index (χ0) is 12.1. The molecule has 3 nitrogen and oxygen atoms in total. The first-order valence-corrected chi connectivity index (χ1v) is 5.87. The molecule has 0 saturated heterocycles. The quantitative estimate of drug-likeness (QED) is 0.779. The third-order valence-electron chi connectivity index (χ3n) is 2.15. The van der Waals surface area contributed by atoms with Crippen LogP contribution in [0.2, 0.25) is 0 Å². The third-order valence-corrected chi connectivity index (χ3v) is 3.00. The number of nitriles is 1. The van der Waals surface area contributed by atoms with Gasteiger partial charge in [-0.3, -0.25) is 0 Å². The minimum Gasteiger partial charge on any atom is -0.457 e. The SMILES string of the molecule is N#Cc1cccc(COC(=O)c2cccs2)c1. The fourth-order valence-electron chi connectivity index (χ4n) is 1.35. The van der Waals surface area contributed by atoms with Crippen LogP contribution in [0.15, 0.2) is 41.8 Å². The normalized spacial score (nSPS) is 9.59. The molecule has 1 aromatic carbocycles. The van der Waals surface area contributed by atoms with Crippen molar-refractivity contribution in [2.75, 3.05) is 0 Å². The summed E-state index contributed by atoms with van der Waals surface area (Å²) < 4.78 is 5.13. The molecule has 0 spiro atoms. The van der Waals surface area contributed by atoms with Gasteiger partial charge in [0.05, 0.1) is 11.6 Å². The Kier molecular flexibility index (Phi) is 3.53. The predicted octanol–water partition coefficient (Wildman–Crippen LogP) is 2.98. The lowest BCUT2D eigenvalue weighted by Crippen LogP contribution is -2.03. The number of hydrogen-bond acceptors (Lipinski definition) is 4. The van der Waals surface area contributed by atoms with E-state index in [2.05, 4.69) is 0 Å². The molecule has 84 valence electrons. The standard InChI is InChI=1S/C13H9NO2S/c14-8-10-3-1-4-11(7-10)9-16-13(15)12-5-2-6-17-12/h1-7H,9H2. The van der Waals surface area contributed by atoms with Crippen LogP contribution in [0.3, 0.4) is 0 Å². The first-order valence-electron chi connectivity index (χ1n) is 4.99. The predicted molar refractivity (Wildman–Crippen MR) is 64.6 cm³/mol. The van der Waals surface area contributed by atoms with Crippen molar-refractivity contribution in [3.05, 3.63) is 57.8 Å². The number of rotatable bonds is 3. The number of esters is 1. The molecule has 1 aromatic heterocycles. The molecule has 0 aliphatic rings. The van der Waals surface area contributed by atoms with Crippen LogP contribution in [-0.4, -0.2) is 5.97 Å². The summed E-state index contributed by atoms with van der Waals surface area (Å²) in [5, 5.41) is 10.6. The van der Waals surface area contributed by atoms with Gasteiger partial charge in [0.15, 0.2) is 0 Å². The number of thiophene rings is 1. The Labute approximate surface area is 103 Å². The third kappa shape index (κ3) is 2.92. The molecule has 0 bridgehead atoms. The maximum Gasteiger partial charge on any atom is 0.348 e. The number of carbonyl (C=O) groups is 1. The molecule has 2 aromatic rings. The average Bonchev–Trinajstić information content (AvgIpc) is 2.90. The summed E-state index contributed by atoms with van der Waals surface area (Å²) in [6.45, 7) is 0.187. The zero-order valence-corrected chi connectivity index (χ0v) is 9.74.